The molecule has 0 atom stereocenters. The molecular formula is C17H14N4O5S. The molecule has 1 N–H and O–H groups in total. The highest BCUT2D eigenvalue weighted by Crippen LogP contribution is 2.31. The molecule has 0 aliphatic rings. The van der Waals surface area contributed by atoms with Gasteiger partial charge in [0.1, 0.15) is 0 Å². The maximum Gasteiger partial charge on any atom is 0.281 e. The zero-order valence-corrected chi connectivity index (χ0v) is 15.1. The molecule has 9 nitrogen and oxygen atoms in total. The van der Waals surface area contributed by atoms with E-state index in [4.69, 9.17) is 9.47 Å². The predicted octanol–water partition coefficient (Wildman–Crippen LogP) is 1.42. The van der Waals surface area contributed by atoms with Gasteiger partial charge in [0.25, 0.3) is 5.56 Å². The molecule has 0 aliphatic heterocycles. The minimum absolute atomic E-state index is 0.0562. The first-order valence-corrected chi connectivity index (χ1v) is 9.28. The molecule has 10 heteroatoms. The number of rotatable bonds is 4. The van der Waals surface area contributed by atoms with E-state index in [2.05, 4.69) is 15.3 Å². The van der Waals surface area contributed by atoms with E-state index >= 15 is 0 Å². The van der Waals surface area contributed by atoms with E-state index in [9.17, 15) is 13.2 Å². The van der Waals surface area contributed by atoms with E-state index in [1.807, 2.05) is 0 Å². The number of fused-ring (bicyclic) bond motifs is 3. The van der Waals surface area contributed by atoms with Gasteiger partial charge in [-0.2, -0.15) is 4.98 Å². The molecule has 138 valence electrons. The van der Waals surface area contributed by atoms with Gasteiger partial charge in [0, 0.05) is 6.07 Å². The van der Waals surface area contributed by atoms with Crippen molar-refractivity contribution in [3.05, 3.63) is 52.8 Å². The summed E-state index contributed by atoms with van der Waals surface area (Å²) in [7, 11) is -1.04. The molecule has 27 heavy (non-hydrogen) atoms. The Balaban J connectivity index is 2.06. The van der Waals surface area contributed by atoms with Crippen LogP contribution in [-0.2, 0) is 9.84 Å². The topological polar surface area (TPSA) is 116 Å². The van der Waals surface area contributed by atoms with Crippen molar-refractivity contribution < 1.29 is 17.9 Å². The molecule has 2 aromatic carbocycles. The number of nitrogens with zero attached hydrogens (tertiary/aromatic N) is 3. The van der Waals surface area contributed by atoms with Crippen LogP contribution in [0.5, 0.6) is 11.5 Å². The Morgan fingerprint density at radius 1 is 1.04 bits per heavy atom. The third-order valence-corrected chi connectivity index (χ3v) is 5.82. The first kappa shape index (κ1) is 17.0. The summed E-state index contributed by atoms with van der Waals surface area (Å²) in [5.74, 6) is 0.743. The number of ether oxygens (including phenoxy) is 2. The van der Waals surface area contributed by atoms with Crippen molar-refractivity contribution in [2.75, 3.05) is 14.2 Å². The Morgan fingerprint density at radius 2 is 1.70 bits per heavy atom. The molecule has 0 radical (unpaired) electrons. The van der Waals surface area contributed by atoms with Crippen LogP contribution in [0.4, 0.5) is 0 Å². The highest BCUT2D eigenvalue weighted by Gasteiger charge is 2.26. The number of nitrogens with one attached hydrogen (secondary N) is 1. The highest BCUT2D eigenvalue weighted by molar-refractivity contribution is 7.91. The maximum atomic E-state index is 12.9. The van der Waals surface area contributed by atoms with Crippen LogP contribution in [0.1, 0.15) is 0 Å². The fraction of sp³-hybridized carbons (Fsp3) is 0.118. The summed E-state index contributed by atoms with van der Waals surface area (Å²) in [6.45, 7) is 0. The highest BCUT2D eigenvalue weighted by atomic mass is 32.2. The lowest BCUT2D eigenvalue weighted by Crippen LogP contribution is -2.12. The van der Waals surface area contributed by atoms with Crippen LogP contribution in [0.2, 0.25) is 0 Å². The Bertz CT molecular complexity index is 1330. The number of H-pyrrole nitrogens is 1. The molecule has 0 unspecified atom stereocenters. The van der Waals surface area contributed by atoms with Crippen LogP contribution in [-0.4, -0.2) is 42.4 Å². The molecule has 0 bridgehead atoms. The maximum absolute atomic E-state index is 12.9. The van der Waals surface area contributed by atoms with Crippen molar-refractivity contribution in [2.24, 2.45) is 0 Å². The van der Waals surface area contributed by atoms with Gasteiger partial charge in [0.2, 0.25) is 14.9 Å². The first-order chi connectivity index (χ1) is 13.0. The summed E-state index contributed by atoms with van der Waals surface area (Å²) in [4.78, 5) is 16.5. The molecule has 2 heterocycles. The van der Waals surface area contributed by atoms with Crippen molar-refractivity contribution in [2.45, 2.75) is 9.92 Å². The molecular weight excluding hydrogens is 372 g/mol. The summed E-state index contributed by atoms with van der Waals surface area (Å²) in [5.41, 5.74) is -0.329. The largest absolute Gasteiger partial charge is 0.493 e. The molecule has 0 amide bonds. The van der Waals surface area contributed by atoms with Crippen LogP contribution in [0.3, 0.4) is 0 Å². The van der Waals surface area contributed by atoms with Crippen molar-refractivity contribution in [3.8, 4) is 11.5 Å². The summed E-state index contributed by atoms with van der Waals surface area (Å²) >= 11 is 0. The van der Waals surface area contributed by atoms with Gasteiger partial charge in [-0.05, 0) is 18.2 Å². The average Bonchev–Trinajstić information content (AvgIpc) is 3.12. The molecule has 4 aromatic rings. The van der Waals surface area contributed by atoms with E-state index in [-0.39, 0.29) is 21.0 Å². The van der Waals surface area contributed by atoms with Gasteiger partial charge in [-0.3, -0.25) is 4.79 Å². The van der Waals surface area contributed by atoms with E-state index in [0.29, 0.717) is 17.0 Å². The zero-order valence-electron chi connectivity index (χ0n) is 14.3. The van der Waals surface area contributed by atoms with Crippen LogP contribution >= 0.6 is 0 Å². The monoisotopic (exact) mass is 386 g/mol. The van der Waals surface area contributed by atoms with Crippen molar-refractivity contribution in [1.82, 2.24) is 19.8 Å². The summed E-state index contributed by atoms with van der Waals surface area (Å²) in [5, 5.41) is 6.42. The van der Waals surface area contributed by atoms with Crippen molar-refractivity contribution in [3.63, 3.8) is 0 Å². The number of benzene rings is 2. The fourth-order valence-corrected chi connectivity index (χ4v) is 4.10. The third kappa shape index (κ3) is 2.53. The number of sulfone groups is 1. The van der Waals surface area contributed by atoms with E-state index in [1.165, 1.54) is 36.9 Å². The Morgan fingerprint density at radius 3 is 2.37 bits per heavy atom. The Hall–Kier alpha value is -3.40. The normalized spacial score (nSPS) is 11.8. The Labute approximate surface area is 153 Å². The summed E-state index contributed by atoms with van der Waals surface area (Å²) < 4.78 is 37.6. The fourth-order valence-electron chi connectivity index (χ4n) is 2.83. The average molecular weight is 386 g/mol. The minimum atomic E-state index is -3.96. The molecule has 0 saturated carbocycles. The smallest absolute Gasteiger partial charge is 0.281 e. The van der Waals surface area contributed by atoms with Gasteiger partial charge in [-0.15, -0.1) is 5.10 Å². The van der Waals surface area contributed by atoms with Crippen LogP contribution in [0.25, 0.3) is 16.6 Å². The van der Waals surface area contributed by atoms with Gasteiger partial charge < -0.3 is 9.47 Å². The predicted molar refractivity (Wildman–Crippen MR) is 96.1 cm³/mol. The minimum Gasteiger partial charge on any atom is -0.493 e. The molecule has 0 fully saturated rings. The first-order valence-electron chi connectivity index (χ1n) is 7.80. The lowest BCUT2D eigenvalue weighted by molar-refractivity contribution is 0.355. The van der Waals surface area contributed by atoms with E-state index in [0.717, 1.165) is 0 Å². The second-order valence-electron chi connectivity index (χ2n) is 5.63. The standard InChI is InChI=1S/C17H14N4O5S/c1-25-13-8-11-12(9-14(13)26-2)21-15(18-16(11)22)17(19-20-21)27(23,24)10-6-4-3-5-7-10/h3-9,20H,1-2H3. The van der Waals surface area contributed by atoms with Gasteiger partial charge >= 0.3 is 0 Å². The van der Waals surface area contributed by atoms with Crippen LogP contribution in [0, 0.1) is 0 Å². The van der Waals surface area contributed by atoms with Gasteiger partial charge in [0.15, 0.2) is 17.1 Å². The molecule has 0 saturated heterocycles. The second kappa shape index (κ2) is 6.09. The van der Waals surface area contributed by atoms with Gasteiger partial charge in [-0.25, -0.2) is 18.1 Å². The lowest BCUT2D eigenvalue weighted by Gasteiger charge is -2.09. The third-order valence-electron chi connectivity index (χ3n) is 4.14. The molecule has 0 aliphatic carbocycles. The van der Waals surface area contributed by atoms with E-state index < -0.39 is 15.4 Å². The molecule has 2 aromatic heterocycles. The van der Waals surface area contributed by atoms with Gasteiger partial charge in [-0.1, -0.05) is 18.2 Å². The van der Waals surface area contributed by atoms with Crippen molar-refractivity contribution >= 4 is 26.4 Å². The van der Waals surface area contributed by atoms with Gasteiger partial charge in [0.05, 0.1) is 30.0 Å². The number of hydrogen-bond donors (Lipinski definition) is 1. The lowest BCUT2D eigenvalue weighted by atomic mass is 10.2. The van der Waals surface area contributed by atoms with E-state index in [1.54, 1.807) is 24.3 Å². The quantitative estimate of drug-likeness (QED) is 0.564. The van der Waals surface area contributed by atoms with Crippen LogP contribution < -0.4 is 15.0 Å². The molecule has 0 spiro atoms. The number of aromatic amines is 1. The SMILES string of the molecule is COc1cc2c(=O)nc3c(S(=O)(=O)c4ccccc4)n[nH]n3c2cc1OC. The van der Waals surface area contributed by atoms with Crippen molar-refractivity contribution in [1.29, 1.82) is 0 Å². The number of methoxy groups -OCH3 is 2. The summed E-state index contributed by atoms with van der Waals surface area (Å²) in [6, 6.07) is 10.9. The Kier molecular flexibility index (Phi) is 3.84. The molecule has 4 rings (SSSR count). The second-order valence-corrected chi connectivity index (χ2v) is 7.50. The number of hydrogen-bond acceptors (Lipinski definition) is 7. The number of aromatic nitrogens is 4. The van der Waals surface area contributed by atoms with Crippen LogP contribution in [0.15, 0.2) is 57.2 Å². The zero-order chi connectivity index (χ0) is 19.2. The summed E-state index contributed by atoms with van der Waals surface area (Å²) in [6.07, 6.45) is 0.